The first-order valence-corrected chi connectivity index (χ1v) is 11.1. The molecule has 0 nitrogen and oxygen atoms in total. The molecule has 0 saturated carbocycles. The summed E-state index contributed by atoms with van der Waals surface area (Å²) in [7, 11) is 0. The molecule has 0 unspecified atom stereocenters. The lowest BCUT2D eigenvalue weighted by atomic mass is 10.1. The maximum Gasteiger partial charge on any atom is 0.0449 e. The topological polar surface area (TPSA) is 0 Å². The van der Waals surface area contributed by atoms with E-state index in [1.54, 1.807) is 0 Å². The summed E-state index contributed by atoms with van der Waals surface area (Å²) in [5, 5.41) is 2.58. The van der Waals surface area contributed by atoms with Crippen LogP contribution in [0.15, 0.2) is 95.5 Å². The molecule has 0 aliphatic carbocycles. The highest BCUT2D eigenvalue weighted by Crippen LogP contribution is 2.41. The minimum atomic E-state index is 1.12. The lowest BCUT2D eigenvalue weighted by molar-refractivity contribution is 1.65. The van der Waals surface area contributed by atoms with Crippen molar-refractivity contribution in [1.29, 1.82) is 0 Å². The van der Waals surface area contributed by atoms with Crippen molar-refractivity contribution in [2.24, 2.45) is 0 Å². The van der Waals surface area contributed by atoms with Gasteiger partial charge in [-0.1, -0.05) is 64.5 Å². The molecule has 0 N–H and O–H groups in total. The van der Waals surface area contributed by atoms with Crippen LogP contribution in [0.1, 0.15) is 0 Å². The van der Waals surface area contributed by atoms with Gasteiger partial charge in [-0.2, -0.15) is 0 Å². The number of rotatable bonds is 3. The lowest BCUT2D eigenvalue weighted by Gasteiger charge is -2.01. The summed E-state index contributed by atoms with van der Waals surface area (Å²) < 4.78 is 1.12. The molecule has 5 rings (SSSR count). The first kappa shape index (κ1) is 16.9. The molecule has 0 radical (unpaired) electrons. The molecule has 0 saturated heterocycles. The zero-order valence-corrected chi connectivity index (χ0v) is 17.6. The van der Waals surface area contributed by atoms with E-state index in [0.29, 0.717) is 0 Å². The summed E-state index contributed by atoms with van der Waals surface area (Å²) in [6.07, 6.45) is 0. The molecule has 5 aromatic rings. The van der Waals surface area contributed by atoms with Crippen molar-refractivity contribution in [2.75, 3.05) is 0 Å². The number of hydrogen-bond acceptors (Lipinski definition) is 2. The van der Waals surface area contributed by atoms with Gasteiger partial charge in [0.25, 0.3) is 0 Å². The van der Waals surface area contributed by atoms with Gasteiger partial charge in [0.2, 0.25) is 0 Å². The van der Waals surface area contributed by atoms with E-state index < -0.39 is 0 Å². The SMILES string of the molecule is Brc1cccc(-c2ccc(-c3ccc(-c4ccc5ccccc5c4)s3)s2)c1. The van der Waals surface area contributed by atoms with Crippen molar-refractivity contribution < 1.29 is 0 Å². The summed E-state index contributed by atoms with van der Waals surface area (Å²) in [6, 6.07) is 32.7. The Kier molecular flexibility index (Phi) is 4.44. The van der Waals surface area contributed by atoms with Crippen molar-refractivity contribution in [3.05, 3.63) is 95.5 Å². The molecule has 0 aliphatic rings. The fourth-order valence-corrected chi connectivity index (χ4v) is 5.73. The number of benzene rings is 3. The van der Waals surface area contributed by atoms with Crippen molar-refractivity contribution >= 4 is 49.4 Å². The molecule has 0 atom stereocenters. The van der Waals surface area contributed by atoms with Crippen LogP contribution in [0.25, 0.3) is 41.4 Å². The van der Waals surface area contributed by atoms with E-state index in [0.717, 1.165) is 4.47 Å². The Morgan fingerprint density at radius 2 is 1.11 bits per heavy atom. The van der Waals surface area contributed by atoms with Gasteiger partial charge in [-0.3, -0.25) is 0 Å². The minimum absolute atomic E-state index is 1.12. The van der Waals surface area contributed by atoms with E-state index >= 15 is 0 Å². The summed E-state index contributed by atoms with van der Waals surface area (Å²) in [5.74, 6) is 0. The molecule has 0 spiro atoms. The molecule has 130 valence electrons. The third-order valence-corrected chi connectivity index (χ3v) is 7.56. The predicted octanol–water partition coefficient (Wildman–Crippen LogP) is 8.73. The van der Waals surface area contributed by atoms with Crippen LogP contribution in [0.4, 0.5) is 0 Å². The minimum Gasteiger partial charge on any atom is -0.134 e. The van der Waals surface area contributed by atoms with Crippen LogP contribution < -0.4 is 0 Å². The summed E-state index contributed by atoms with van der Waals surface area (Å²) in [6.45, 7) is 0. The Hall–Kier alpha value is -2.20. The molecule has 3 heteroatoms. The molecule has 0 amide bonds. The van der Waals surface area contributed by atoms with Gasteiger partial charge >= 0.3 is 0 Å². The van der Waals surface area contributed by atoms with Gasteiger partial charge in [0.05, 0.1) is 0 Å². The van der Waals surface area contributed by atoms with Crippen LogP contribution in [0.5, 0.6) is 0 Å². The predicted molar refractivity (Wildman–Crippen MR) is 124 cm³/mol. The Morgan fingerprint density at radius 3 is 1.81 bits per heavy atom. The molecular formula is C24H15BrS2. The van der Waals surface area contributed by atoms with E-state index in [1.165, 1.54) is 41.4 Å². The summed E-state index contributed by atoms with van der Waals surface area (Å²) in [5.41, 5.74) is 2.54. The van der Waals surface area contributed by atoms with E-state index in [2.05, 4.69) is 107 Å². The summed E-state index contributed by atoms with van der Waals surface area (Å²) >= 11 is 7.27. The normalized spacial score (nSPS) is 11.1. The number of halogens is 1. The molecule has 3 aromatic carbocycles. The highest BCUT2D eigenvalue weighted by atomic mass is 79.9. The van der Waals surface area contributed by atoms with Gasteiger partial charge in [0.15, 0.2) is 0 Å². The molecule has 2 aromatic heterocycles. The van der Waals surface area contributed by atoms with E-state index in [-0.39, 0.29) is 0 Å². The molecule has 0 aliphatic heterocycles. The van der Waals surface area contributed by atoms with E-state index in [4.69, 9.17) is 0 Å². The van der Waals surface area contributed by atoms with Crippen LogP contribution in [-0.2, 0) is 0 Å². The smallest absolute Gasteiger partial charge is 0.0449 e. The quantitative estimate of drug-likeness (QED) is 0.259. The molecule has 27 heavy (non-hydrogen) atoms. The standard InChI is InChI=1S/C24H15BrS2/c25-20-7-3-6-18(15-20)21-10-12-23(26-21)24-13-11-22(27-24)19-9-8-16-4-1-2-5-17(16)14-19/h1-15H. The van der Waals surface area contributed by atoms with Crippen molar-refractivity contribution in [2.45, 2.75) is 0 Å². The van der Waals surface area contributed by atoms with E-state index in [1.807, 2.05) is 22.7 Å². The molecule has 0 bridgehead atoms. The summed E-state index contributed by atoms with van der Waals surface area (Å²) in [4.78, 5) is 5.26. The molecule has 0 fully saturated rings. The number of thiophene rings is 2. The Morgan fingerprint density at radius 1 is 0.481 bits per heavy atom. The maximum atomic E-state index is 3.56. The molecule has 2 heterocycles. The average molecular weight is 447 g/mol. The third-order valence-electron chi connectivity index (χ3n) is 4.60. The van der Waals surface area contributed by atoms with Crippen LogP contribution >= 0.6 is 38.6 Å². The Bertz CT molecular complexity index is 1250. The van der Waals surface area contributed by atoms with Crippen molar-refractivity contribution in [3.8, 4) is 30.6 Å². The lowest BCUT2D eigenvalue weighted by Crippen LogP contribution is -1.74. The fourth-order valence-electron chi connectivity index (χ4n) is 3.24. The zero-order chi connectivity index (χ0) is 18.2. The monoisotopic (exact) mass is 446 g/mol. The van der Waals surface area contributed by atoms with Crippen LogP contribution in [0.2, 0.25) is 0 Å². The van der Waals surface area contributed by atoms with Crippen molar-refractivity contribution in [3.63, 3.8) is 0 Å². The second-order valence-electron chi connectivity index (χ2n) is 6.40. The zero-order valence-electron chi connectivity index (χ0n) is 14.4. The van der Waals surface area contributed by atoms with Gasteiger partial charge in [-0.25, -0.2) is 0 Å². The van der Waals surface area contributed by atoms with Gasteiger partial charge in [0, 0.05) is 24.0 Å². The Labute approximate surface area is 174 Å². The first-order chi connectivity index (χ1) is 13.3. The van der Waals surface area contributed by atoms with Crippen molar-refractivity contribution in [1.82, 2.24) is 0 Å². The largest absolute Gasteiger partial charge is 0.134 e. The average Bonchev–Trinajstić information content (AvgIpc) is 3.37. The van der Waals surface area contributed by atoms with Gasteiger partial charge in [-0.05, 0) is 64.4 Å². The highest BCUT2D eigenvalue weighted by molar-refractivity contribution is 9.10. The second kappa shape index (κ2) is 7.08. The third kappa shape index (κ3) is 3.39. The van der Waals surface area contributed by atoms with Crippen LogP contribution in [0, 0.1) is 0 Å². The Balaban J connectivity index is 1.48. The van der Waals surface area contributed by atoms with Crippen LogP contribution in [-0.4, -0.2) is 0 Å². The van der Waals surface area contributed by atoms with Crippen LogP contribution in [0.3, 0.4) is 0 Å². The number of hydrogen-bond donors (Lipinski definition) is 0. The first-order valence-electron chi connectivity index (χ1n) is 8.71. The highest BCUT2D eigenvalue weighted by Gasteiger charge is 2.09. The van der Waals surface area contributed by atoms with Gasteiger partial charge in [-0.15, -0.1) is 22.7 Å². The number of fused-ring (bicyclic) bond motifs is 1. The fraction of sp³-hybridized carbons (Fsp3) is 0. The molecular weight excluding hydrogens is 432 g/mol. The van der Waals surface area contributed by atoms with E-state index in [9.17, 15) is 0 Å². The maximum absolute atomic E-state index is 3.56. The second-order valence-corrected chi connectivity index (χ2v) is 9.48. The van der Waals surface area contributed by atoms with Gasteiger partial charge < -0.3 is 0 Å². The van der Waals surface area contributed by atoms with Gasteiger partial charge in [0.1, 0.15) is 0 Å².